The Kier molecular flexibility index (Phi) is 7.37. The maximum Gasteiger partial charge on any atom is 0.338 e. The number of nitro benzene ring substituents is 1. The van der Waals surface area contributed by atoms with Crippen molar-refractivity contribution in [2.45, 2.75) is 51.0 Å². The van der Waals surface area contributed by atoms with E-state index in [1.54, 1.807) is 0 Å². The number of hydrogen-bond acceptors (Lipinski definition) is 6. The average molecular weight is 364 g/mol. The summed E-state index contributed by atoms with van der Waals surface area (Å²) < 4.78 is 9.87. The second-order valence-electron chi connectivity index (χ2n) is 6.33. The highest BCUT2D eigenvalue weighted by Gasteiger charge is 2.20. The van der Waals surface area contributed by atoms with E-state index in [0.29, 0.717) is 0 Å². The molecule has 0 aromatic heterocycles. The predicted octanol–water partition coefficient (Wildman–Crippen LogP) is 2.99. The van der Waals surface area contributed by atoms with Crippen molar-refractivity contribution in [3.05, 3.63) is 33.9 Å². The summed E-state index contributed by atoms with van der Waals surface area (Å²) in [6, 6.07) is 3.88. The Hall–Kier alpha value is -2.64. The van der Waals surface area contributed by atoms with E-state index in [1.807, 2.05) is 0 Å². The zero-order valence-corrected chi connectivity index (χ0v) is 14.9. The largest absolute Gasteiger partial charge is 0.490 e. The molecule has 0 spiro atoms. The van der Waals surface area contributed by atoms with Gasteiger partial charge in [-0.25, -0.2) is 4.79 Å². The first-order valence-corrected chi connectivity index (χ1v) is 8.80. The Morgan fingerprint density at radius 2 is 1.85 bits per heavy atom. The molecule has 1 aromatic carbocycles. The van der Waals surface area contributed by atoms with Crippen molar-refractivity contribution in [1.29, 1.82) is 0 Å². The summed E-state index contributed by atoms with van der Waals surface area (Å²) in [5, 5.41) is 13.9. The fourth-order valence-electron chi connectivity index (χ4n) is 3.04. The Balaban J connectivity index is 1.88. The second-order valence-corrected chi connectivity index (χ2v) is 6.33. The van der Waals surface area contributed by atoms with Crippen LogP contribution in [0.15, 0.2) is 18.2 Å². The normalized spacial score (nSPS) is 15.4. The maximum absolute atomic E-state index is 12.1. The molecule has 8 nitrogen and oxygen atoms in total. The molecule has 0 saturated heterocycles. The number of benzene rings is 1. The molecule has 0 unspecified atom stereocenters. The Morgan fingerprint density at radius 1 is 1.19 bits per heavy atom. The second kappa shape index (κ2) is 9.74. The minimum absolute atomic E-state index is 0.00347. The third kappa shape index (κ3) is 5.72. The Morgan fingerprint density at radius 3 is 2.46 bits per heavy atom. The van der Waals surface area contributed by atoms with Crippen LogP contribution in [0.5, 0.6) is 5.75 Å². The number of rotatable bonds is 6. The van der Waals surface area contributed by atoms with Crippen LogP contribution in [0.25, 0.3) is 0 Å². The molecule has 1 aliphatic carbocycles. The van der Waals surface area contributed by atoms with E-state index < -0.39 is 17.5 Å². The van der Waals surface area contributed by atoms with E-state index in [9.17, 15) is 19.7 Å². The topological polar surface area (TPSA) is 108 Å². The van der Waals surface area contributed by atoms with E-state index in [0.717, 1.165) is 31.7 Å². The molecular formula is C18H24N2O6. The number of methoxy groups -OCH3 is 1. The lowest BCUT2D eigenvalue weighted by molar-refractivity contribution is -0.385. The number of hydrogen-bond donors (Lipinski definition) is 1. The van der Waals surface area contributed by atoms with Gasteiger partial charge in [0.1, 0.15) is 0 Å². The van der Waals surface area contributed by atoms with Gasteiger partial charge in [-0.15, -0.1) is 0 Å². The number of nitro groups is 1. The molecule has 1 fully saturated rings. The third-order valence-electron chi connectivity index (χ3n) is 4.42. The van der Waals surface area contributed by atoms with Crippen molar-refractivity contribution in [3.8, 4) is 5.75 Å². The van der Waals surface area contributed by atoms with E-state index in [-0.39, 0.29) is 28.9 Å². The smallest absolute Gasteiger partial charge is 0.338 e. The molecular weight excluding hydrogens is 340 g/mol. The van der Waals surface area contributed by atoms with E-state index in [2.05, 4.69) is 5.32 Å². The molecule has 2 rings (SSSR count). The molecule has 0 bridgehead atoms. The molecule has 0 heterocycles. The van der Waals surface area contributed by atoms with E-state index >= 15 is 0 Å². The molecule has 26 heavy (non-hydrogen) atoms. The molecule has 0 atom stereocenters. The molecule has 0 radical (unpaired) electrons. The highest BCUT2D eigenvalue weighted by molar-refractivity contribution is 5.92. The predicted molar refractivity (Wildman–Crippen MR) is 94.2 cm³/mol. The molecule has 1 saturated carbocycles. The van der Waals surface area contributed by atoms with Crippen LogP contribution < -0.4 is 10.1 Å². The molecule has 1 amide bonds. The van der Waals surface area contributed by atoms with Crippen LogP contribution in [-0.2, 0) is 9.53 Å². The number of ether oxygens (including phenoxy) is 2. The molecule has 1 aliphatic rings. The monoisotopic (exact) mass is 364 g/mol. The number of nitrogens with one attached hydrogen (secondary N) is 1. The summed E-state index contributed by atoms with van der Waals surface area (Å²) >= 11 is 0. The summed E-state index contributed by atoms with van der Waals surface area (Å²) in [6.07, 6.45) is 7.64. The Bertz CT molecular complexity index is 653. The first-order valence-electron chi connectivity index (χ1n) is 8.80. The van der Waals surface area contributed by atoms with Crippen molar-refractivity contribution in [1.82, 2.24) is 5.32 Å². The minimum atomic E-state index is -0.788. The number of nitrogens with zero attached hydrogens (tertiary/aromatic N) is 1. The zero-order valence-electron chi connectivity index (χ0n) is 14.9. The van der Waals surface area contributed by atoms with Gasteiger partial charge in [-0.1, -0.05) is 32.1 Å². The fourth-order valence-corrected chi connectivity index (χ4v) is 3.04. The molecule has 0 aliphatic heterocycles. The minimum Gasteiger partial charge on any atom is -0.490 e. The van der Waals surface area contributed by atoms with Gasteiger partial charge >= 0.3 is 11.7 Å². The lowest BCUT2D eigenvalue weighted by Gasteiger charge is -2.20. The lowest BCUT2D eigenvalue weighted by atomic mass is 9.97. The zero-order chi connectivity index (χ0) is 18.9. The van der Waals surface area contributed by atoms with Gasteiger partial charge in [-0.3, -0.25) is 14.9 Å². The molecule has 142 valence electrons. The van der Waals surface area contributed by atoms with Gasteiger partial charge in [0, 0.05) is 12.1 Å². The number of carbonyl (C=O) groups excluding carboxylic acids is 2. The Labute approximate surface area is 152 Å². The summed E-state index contributed by atoms with van der Waals surface area (Å²) in [4.78, 5) is 34.4. The summed E-state index contributed by atoms with van der Waals surface area (Å²) in [5.41, 5.74) is -0.336. The highest BCUT2D eigenvalue weighted by atomic mass is 16.6. The van der Waals surface area contributed by atoms with Crippen LogP contribution in [0.2, 0.25) is 0 Å². The fraction of sp³-hybridized carbons (Fsp3) is 0.556. The lowest BCUT2D eigenvalue weighted by Crippen LogP contribution is -2.38. The number of esters is 1. The van der Waals surface area contributed by atoms with Crippen LogP contribution in [0.4, 0.5) is 5.69 Å². The molecule has 8 heteroatoms. The van der Waals surface area contributed by atoms with Crippen molar-refractivity contribution >= 4 is 17.6 Å². The number of carbonyl (C=O) groups is 2. The quantitative estimate of drug-likeness (QED) is 0.472. The maximum atomic E-state index is 12.1. The third-order valence-corrected chi connectivity index (χ3v) is 4.42. The standard InChI is InChI=1S/C18H24N2O6/c1-25-16-10-9-13(11-15(16)20(23)24)18(22)26-12-17(21)19-14-7-5-3-2-4-6-8-14/h9-11,14H,2-8,12H2,1H3,(H,19,21). The van der Waals surface area contributed by atoms with Gasteiger partial charge in [0.05, 0.1) is 17.6 Å². The first-order chi connectivity index (χ1) is 12.5. The van der Waals surface area contributed by atoms with Crippen molar-refractivity contribution in [2.75, 3.05) is 13.7 Å². The van der Waals surface area contributed by atoms with Gasteiger partial charge in [0.2, 0.25) is 0 Å². The average Bonchev–Trinajstić information content (AvgIpc) is 2.61. The van der Waals surface area contributed by atoms with Crippen LogP contribution in [0, 0.1) is 10.1 Å². The van der Waals surface area contributed by atoms with Gasteiger partial charge in [0.15, 0.2) is 12.4 Å². The van der Waals surface area contributed by atoms with Crippen LogP contribution in [-0.4, -0.2) is 36.6 Å². The van der Waals surface area contributed by atoms with E-state index in [4.69, 9.17) is 9.47 Å². The van der Waals surface area contributed by atoms with Crippen molar-refractivity contribution in [2.24, 2.45) is 0 Å². The molecule has 1 N–H and O–H groups in total. The summed E-state index contributed by atoms with van der Waals surface area (Å²) in [6.45, 7) is -0.408. The first kappa shape index (κ1) is 19.7. The van der Waals surface area contributed by atoms with Crippen LogP contribution in [0.1, 0.15) is 55.3 Å². The van der Waals surface area contributed by atoms with Gasteiger partial charge in [-0.05, 0) is 25.0 Å². The molecule has 1 aromatic rings. The van der Waals surface area contributed by atoms with Crippen molar-refractivity contribution < 1.29 is 24.0 Å². The van der Waals surface area contributed by atoms with Crippen molar-refractivity contribution in [3.63, 3.8) is 0 Å². The van der Waals surface area contributed by atoms with Crippen LogP contribution >= 0.6 is 0 Å². The number of amides is 1. The van der Waals surface area contributed by atoms with Gasteiger partial charge in [0.25, 0.3) is 5.91 Å². The SMILES string of the molecule is COc1ccc(C(=O)OCC(=O)NC2CCCCCCC2)cc1[N+](=O)[O-]. The summed E-state index contributed by atoms with van der Waals surface area (Å²) in [5.74, 6) is -1.09. The van der Waals surface area contributed by atoms with Gasteiger partial charge in [-0.2, -0.15) is 0 Å². The van der Waals surface area contributed by atoms with Gasteiger partial charge < -0.3 is 14.8 Å². The highest BCUT2D eigenvalue weighted by Crippen LogP contribution is 2.27. The summed E-state index contributed by atoms with van der Waals surface area (Å²) in [7, 11) is 1.31. The van der Waals surface area contributed by atoms with Crippen LogP contribution in [0.3, 0.4) is 0 Å². The van der Waals surface area contributed by atoms with E-state index in [1.165, 1.54) is 38.5 Å².